The highest BCUT2D eigenvalue weighted by atomic mass is 14.7. The van der Waals surface area contributed by atoms with Crippen molar-refractivity contribution < 1.29 is 0 Å². The van der Waals surface area contributed by atoms with Crippen LogP contribution in [0.3, 0.4) is 0 Å². The standard InChI is InChI=1S/C12H26N2.C2H6/c1-9(2)12(5,6)8-11(3,4)7-10(13)14;1-2/h9H,7-8H2,1-6H3,(H3,13,14);1-2H3. The van der Waals surface area contributed by atoms with E-state index in [0.717, 1.165) is 6.42 Å². The normalized spacial score (nSPS) is 12.1. The Balaban J connectivity index is 0. The van der Waals surface area contributed by atoms with E-state index in [1.54, 1.807) is 0 Å². The Hall–Kier alpha value is -0.530. The number of nitrogens with one attached hydrogen (secondary N) is 1. The topological polar surface area (TPSA) is 49.9 Å². The monoisotopic (exact) mass is 228 g/mol. The van der Waals surface area contributed by atoms with Crippen molar-refractivity contribution in [1.82, 2.24) is 0 Å². The lowest BCUT2D eigenvalue weighted by Crippen LogP contribution is -2.30. The summed E-state index contributed by atoms with van der Waals surface area (Å²) in [7, 11) is 0. The first-order valence-corrected chi connectivity index (χ1v) is 6.40. The van der Waals surface area contributed by atoms with Crippen LogP contribution in [0.4, 0.5) is 0 Å². The van der Waals surface area contributed by atoms with Crippen LogP contribution in [0.25, 0.3) is 0 Å². The summed E-state index contributed by atoms with van der Waals surface area (Å²) < 4.78 is 0. The molecule has 0 fully saturated rings. The van der Waals surface area contributed by atoms with Gasteiger partial charge in [-0.1, -0.05) is 55.4 Å². The number of hydrogen-bond donors (Lipinski definition) is 2. The van der Waals surface area contributed by atoms with Gasteiger partial charge in [-0.05, 0) is 23.2 Å². The summed E-state index contributed by atoms with van der Waals surface area (Å²) in [6.45, 7) is 17.5. The first-order chi connectivity index (χ1) is 7.07. The van der Waals surface area contributed by atoms with Gasteiger partial charge in [0.25, 0.3) is 0 Å². The molecule has 2 heteroatoms. The minimum Gasteiger partial charge on any atom is -0.388 e. The van der Waals surface area contributed by atoms with Gasteiger partial charge in [0, 0.05) is 6.42 Å². The molecule has 0 aromatic carbocycles. The highest BCUT2D eigenvalue weighted by Gasteiger charge is 2.31. The average molecular weight is 228 g/mol. The number of amidine groups is 1. The summed E-state index contributed by atoms with van der Waals surface area (Å²) in [5.41, 5.74) is 5.91. The molecule has 98 valence electrons. The van der Waals surface area contributed by atoms with Crippen LogP contribution < -0.4 is 5.73 Å². The van der Waals surface area contributed by atoms with Crippen LogP contribution in [0.15, 0.2) is 0 Å². The molecule has 0 saturated carbocycles. The summed E-state index contributed by atoms with van der Waals surface area (Å²) in [6, 6.07) is 0. The van der Waals surface area contributed by atoms with Gasteiger partial charge in [-0.2, -0.15) is 0 Å². The Morgan fingerprint density at radius 1 is 1.12 bits per heavy atom. The van der Waals surface area contributed by atoms with Crippen LogP contribution in [-0.4, -0.2) is 5.84 Å². The molecule has 16 heavy (non-hydrogen) atoms. The fourth-order valence-corrected chi connectivity index (χ4v) is 2.02. The highest BCUT2D eigenvalue weighted by molar-refractivity contribution is 5.77. The van der Waals surface area contributed by atoms with E-state index in [0.29, 0.717) is 23.6 Å². The summed E-state index contributed by atoms with van der Waals surface area (Å²) in [4.78, 5) is 0. The molecule has 0 aliphatic heterocycles. The van der Waals surface area contributed by atoms with Gasteiger partial charge in [-0.25, -0.2) is 0 Å². The van der Waals surface area contributed by atoms with E-state index in [-0.39, 0.29) is 5.41 Å². The first kappa shape index (κ1) is 17.9. The summed E-state index contributed by atoms with van der Waals surface area (Å²) in [5.74, 6) is 0.961. The molecule has 0 atom stereocenters. The highest BCUT2D eigenvalue weighted by Crippen LogP contribution is 2.40. The summed E-state index contributed by atoms with van der Waals surface area (Å²) >= 11 is 0. The molecule has 0 radical (unpaired) electrons. The van der Waals surface area contributed by atoms with Crippen molar-refractivity contribution in [1.29, 1.82) is 5.41 Å². The van der Waals surface area contributed by atoms with Gasteiger partial charge in [0.05, 0.1) is 5.84 Å². The van der Waals surface area contributed by atoms with Crippen molar-refractivity contribution in [3.63, 3.8) is 0 Å². The van der Waals surface area contributed by atoms with Crippen LogP contribution in [0.5, 0.6) is 0 Å². The lowest BCUT2D eigenvalue weighted by molar-refractivity contribution is 0.144. The van der Waals surface area contributed by atoms with E-state index in [9.17, 15) is 0 Å². The predicted octanol–water partition coefficient (Wildman–Crippen LogP) is 4.44. The number of rotatable bonds is 5. The van der Waals surface area contributed by atoms with Gasteiger partial charge in [0.1, 0.15) is 0 Å². The molecule has 0 rings (SSSR count). The summed E-state index contributed by atoms with van der Waals surface area (Å²) in [6.07, 6.45) is 1.81. The summed E-state index contributed by atoms with van der Waals surface area (Å²) in [5, 5.41) is 7.34. The molecule has 2 nitrogen and oxygen atoms in total. The molecule has 0 aromatic rings. The average Bonchev–Trinajstić information content (AvgIpc) is 2.02. The Morgan fingerprint density at radius 3 is 1.75 bits per heavy atom. The van der Waals surface area contributed by atoms with Crippen LogP contribution in [0.2, 0.25) is 0 Å². The molecule has 0 heterocycles. The van der Waals surface area contributed by atoms with Crippen molar-refractivity contribution in [2.45, 2.75) is 68.2 Å². The van der Waals surface area contributed by atoms with Gasteiger partial charge >= 0.3 is 0 Å². The maximum atomic E-state index is 7.34. The van der Waals surface area contributed by atoms with E-state index in [1.165, 1.54) is 0 Å². The van der Waals surface area contributed by atoms with E-state index in [1.807, 2.05) is 13.8 Å². The Kier molecular flexibility index (Phi) is 7.73. The van der Waals surface area contributed by atoms with Crippen molar-refractivity contribution in [2.75, 3.05) is 0 Å². The third-order valence-electron chi connectivity index (χ3n) is 3.17. The molecular formula is C14H32N2. The maximum Gasteiger partial charge on any atom is 0.0910 e. The Bertz CT molecular complexity index is 203. The molecule has 0 unspecified atom stereocenters. The molecule has 0 aliphatic carbocycles. The zero-order valence-electron chi connectivity index (χ0n) is 12.6. The SMILES string of the molecule is CC.CC(C)C(C)(C)CC(C)(C)CC(=N)N. The molecule has 0 spiro atoms. The van der Waals surface area contributed by atoms with Gasteiger partial charge in [0.15, 0.2) is 0 Å². The number of nitrogens with two attached hydrogens (primary N) is 1. The largest absolute Gasteiger partial charge is 0.388 e. The minimum absolute atomic E-state index is 0.138. The maximum absolute atomic E-state index is 7.34. The lowest BCUT2D eigenvalue weighted by Gasteiger charge is -2.37. The molecular weight excluding hydrogens is 196 g/mol. The smallest absolute Gasteiger partial charge is 0.0910 e. The van der Waals surface area contributed by atoms with Gasteiger partial charge < -0.3 is 5.73 Å². The second kappa shape index (κ2) is 6.93. The first-order valence-electron chi connectivity index (χ1n) is 6.40. The Labute approximate surface area is 103 Å². The van der Waals surface area contributed by atoms with Crippen molar-refractivity contribution in [2.24, 2.45) is 22.5 Å². The van der Waals surface area contributed by atoms with E-state index < -0.39 is 0 Å². The van der Waals surface area contributed by atoms with Crippen LogP contribution in [-0.2, 0) is 0 Å². The van der Waals surface area contributed by atoms with Crippen molar-refractivity contribution in [3.05, 3.63) is 0 Å². The zero-order valence-corrected chi connectivity index (χ0v) is 12.6. The molecule has 3 N–H and O–H groups in total. The molecule has 0 bridgehead atoms. The van der Waals surface area contributed by atoms with Gasteiger partial charge in [-0.3, -0.25) is 5.41 Å². The lowest BCUT2D eigenvalue weighted by atomic mass is 9.68. The van der Waals surface area contributed by atoms with E-state index in [2.05, 4.69) is 41.5 Å². The second-order valence-corrected chi connectivity index (χ2v) is 6.19. The van der Waals surface area contributed by atoms with Gasteiger partial charge in [0.2, 0.25) is 0 Å². The van der Waals surface area contributed by atoms with E-state index in [4.69, 9.17) is 11.1 Å². The van der Waals surface area contributed by atoms with Crippen LogP contribution in [0.1, 0.15) is 68.2 Å². The van der Waals surface area contributed by atoms with Crippen LogP contribution >= 0.6 is 0 Å². The molecule has 0 aliphatic rings. The fourth-order valence-electron chi connectivity index (χ4n) is 2.02. The third kappa shape index (κ3) is 7.72. The number of hydrogen-bond acceptors (Lipinski definition) is 1. The molecule has 0 saturated heterocycles. The minimum atomic E-state index is 0.138. The molecule has 0 amide bonds. The fraction of sp³-hybridized carbons (Fsp3) is 0.929. The van der Waals surface area contributed by atoms with E-state index >= 15 is 0 Å². The van der Waals surface area contributed by atoms with Crippen molar-refractivity contribution in [3.8, 4) is 0 Å². The zero-order chi connectivity index (χ0) is 13.6. The van der Waals surface area contributed by atoms with Gasteiger partial charge in [-0.15, -0.1) is 0 Å². The predicted molar refractivity (Wildman–Crippen MR) is 74.9 cm³/mol. The van der Waals surface area contributed by atoms with Crippen LogP contribution in [0, 0.1) is 22.2 Å². The second-order valence-electron chi connectivity index (χ2n) is 6.19. The Morgan fingerprint density at radius 2 is 1.50 bits per heavy atom. The third-order valence-corrected chi connectivity index (χ3v) is 3.17. The quantitative estimate of drug-likeness (QED) is 0.530. The molecule has 0 aromatic heterocycles. The van der Waals surface area contributed by atoms with Crippen molar-refractivity contribution >= 4 is 5.84 Å².